The van der Waals surface area contributed by atoms with Gasteiger partial charge in [0.15, 0.2) is 5.78 Å². The number of ether oxygens (including phenoxy) is 1. The van der Waals surface area contributed by atoms with Gasteiger partial charge < -0.3 is 15.8 Å². The van der Waals surface area contributed by atoms with Gasteiger partial charge in [-0.1, -0.05) is 6.07 Å². The molecule has 0 aliphatic carbocycles. The molecule has 0 atom stereocenters. The Bertz CT molecular complexity index is 1040. The van der Waals surface area contributed by atoms with Gasteiger partial charge in [-0.3, -0.25) is 9.59 Å². The summed E-state index contributed by atoms with van der Waals surface area (Å²) < 4.78 is 5.28. The molecule has 0 aliphatic heterocycles. The number of nitrogens with one attached hydrogen (secondary N) is 1. The number of nitrogens with two attached hydrogens (primary N) is 1. The second-order valence-corrected chi connectivity index (χ2v) is 6.96. The van der Waals surface area contributed by atoms with Crippen LogP contribution in [0.2, 0.25) is 0 Å². The van der Waals surface area contributed by atoms with Crippen molar-refractivity contribution in [1.82, 2.24) is 4.98 Å². The van der Waals surface area contributed by atoms with Crippen LogP contribution >= 0.6 is 11.3 Å². The van der Waals surface area contributed by atoms with Crippen molar-refractivity contribution in [3.8, 4) is 5.75 Å². The first kappa shape index (κ1) is 17.9. The predicted molar refractivity (Wildman–Crippen MR) is 104 cm³/mol. The minimum absolute atomic E-state index is 0.0829. The lowest BCUT2D eigenvalue weighted by Crippen LogP contribution is -2.13. The molecule has 0 unspecified atom stereocenters. The minimum atomic E-state index is -0.316. The van der Waals surface area contributed by atoms with E-state index in [1.165, 1.54) is 18.3 Å². The van der Waals surface area contributed by atoms with Gasteiger partial charge in [-0.05, 0) is 39.0 Å². The maximum absolute atomic E-state index is 12.7. The molecule has 7 heteroatoms. The SMILES string of the molecule is COc1cccc(NC(=O)c2sc3nc(C)c(C(C)=O)cc3c2N)c1C. The topological polar surface area (TPSA) is 94.3 Å². The highest BCUT2D eigenvalue weighted by Crippen LogP contribution is 2.35. The second-order valence-electron chi connectivity index (χ2n) is 5.96. The fourth-order valence-corrected chi connectivity index (χ4v) is 3.82. The van der Waals surface area contributed by atoms with Crippen LogP contribution in [0.4, 0.5) is 11.4 Å². The first-order valence-corrected chi connectivity index (χ1v) is 8.80. The van der Waals surface area contributed by atoms with E-state index in [2.05, 4.69) is 10.3 Å². The molecule has 2 aromatic heterocycles. The van der Waals surface area contributed by atoms with Crippen LogP contribution in [0.15, 0.2) is 24.3 Å². The van der Waals surface area contributed by atoms with Crippen LogP contribution in [0.1, 0.15) is 38.2 Å². The van der Waals surface area contributed by atoms with E-state index in [-0.39, 0.29) is 11.7 Å². The summed E-state index contributed by atoms with van der Waals surface area (Å²) >= 11 is 1.21. The number of nitrogens with zero attached hydrogens (tertiary/aromatic N) is 1. The van der Waals surface area contributed by atoms with E-state index < -0.39 is 0 Å². The van der Waals surface area contributed by atoms with Gasteiger partial charge in [-0.15, -0.1) is 11.3 Å². The van der Waals surface area contributed by atoms with E-state index in [0.717, 1.165) is 5.56 Å². The van der Waals surface area contributed by atoms with Gasteiger partial charge in [0, 0.05) is 27.9 Å². The number of pyridine rings is 1. The summed E-state index contributed by atoms with van der Waals surface area (Å²) in [6.45, 7) is 5.12. The summed E-state index contributed by atoms with van der Waals surface area (Å²) in [6, 6.07) is 7.14. The average Bonchev–Trinajstić information content (AvgIpc) is 2.91. The van der Waals surface area contributed by atoms with Gasteiger partial charge in [-0.2, -0.15) is 0 Å². The molecule has 0 radical (unpaired) electrons. The number of thiophene rings is 1. The fraction of sp³-hybridized carbons (Fsp3) is 0.211. The van der Waals surface area contributed by atoms with Crippen LogP contribution < -0.4 is 15.8 Å². The maximum atomic E-state index is 12.7. The number of Topliss-reactive ketones (excluding diaryl/α,β-unsaturated/α-hetero) is 1. The average molecular weight is 369 g/mol. The van der Waals surface area contributed by atoms with Gasteiger partial charge >= 0.3 is 0 Å². The molecular weight excluding hydrogens is 350 g/mol. The van der Waals surface area contributed by atoms with Crippen LogP contribution in [-0.4, -0.2) is 23.8 Å². The van der Waals surface area contributed by atoms with E-state index in [1.807, 2.05) is 13.0 Å². The second kappa shape index (κ2) is 6.76. The number of carbonyl (C=O) groups excluding carboxylic acids is 2. The Labute approximate surface area is 155 Å². The van der Waals surface area contributed by atoms with Gasteiger partial charge in [0.1, 0.15) is 15.5 Å². The number of aromatic nitrogens is 1. The van der Waals surface area contributed by atoms with E-state index in [4.69, 9.17) is 10.5 Å². The number of nitrogen functional groups attached to an aromatic ring is 1. The molecule has 26 heavy (non-hydrogen) atoms. The summed E-state index contributed by atoms with van der Waals surface area (Å²) in [7, 11) is 1.58. The lowest BCUT2D eigenvalue weighted by atomic mass is 10.1. The Balaban J connectivity index is 2.01. The van der Waals surface area contributed by atoms with Crippen LogP contribution in [0.3, 0.4) is 0 Å². The highest BCUT2D eigenvalue weighted by molar-refractivity contribution is 7.21. The molecule has 1 amide bonds. The fourth-order valence-electron chi connectivity index (χ4n) is 2.80. The van der Waals surface area contributed by atoms with Gasteiger partial charge in [-0.25, -0.2) is 4.98 Å². The number of hydrogen-bond acceptors (Lipinski definition) is 6. The first-order chi connectivity index (χ1) is 12.3. The van der Waals surface area contributed by atoms with E-state index in [9.17, 15) is 9.59 Å². The summed E-state index contributed by atoms with van der Waals surface area (Å²) in [5.74, 6) is 0.292. The van der Waals surface area contributed by atoms with Gasteiger partial charge in [0.2, 0.25) is 0 Å². The zero-order valence-electron chi connectivity index (χ0n) is 15.0. The Morgan fingerprint density at radius 1 is 1.27 bits per heavy atom. The molecule has 6 nitrogen and oxygen atoms in total. The van der Waals surface area contributed by atoms with Crippen LogP contribution in [-0.2, 0) is 0 Å². The van der Waals surface area contributed by atoms with E-state index in [1.54, 1.807) is 32.2 Å². The van der Waals surface area contributed by atoms with Crippen LogP contribution in [0, 0.1) is 13.8 Å². The van der Waals surface area contributed by atoms with Crippen LogP contribution in [0.25, 0.3) is 10.2 Å². The number of carbonyl (C=O) groups is 2. The molecular formula is C19H19N3O3S. The summed E-state index contributed by atoms with van der Waals surface area (Å²) in [5, 5.41) is 3.50. The Hall–Kier alpha value is -2.93. The van der Waals surface area contributed by atoms with E-state index >= 15 is 0 Å². The number of methoxy groups -OCH3 is 1. The molecule has 3 aromatic rings. The number of ketones is 1. The Morgan fingerprint density at radius 2 is 2.00 bits per heavy atom. The smallest absolute Gasteiger partial charge is 0.267 e. The molecule has 0 bridgehead atoms. The molecule has 1 aromatic carbocycles. The summed E-state index contributed by atoms with van der Waals surface area (Å²) in [4.78, 5) is 29.9. The first-order valence-electron chi connectivity index (χ1n) is 7.99. The van der Waals surface area contributed by atoms with Crippen molar-refractivity contribution in [3.05, 3.63) is 46.0 Å². The molecule has 2 heterocycles. The largest absolute Gasteiger partial charge is 0.496 e. The lowest BCUT2D eigenvalue weighted by molar-refractivity contribution is 0.101. The molecule has 0 saturated carbocycles. The Kier molecular flexibility index (Phi) is 4.65. The summed E-state index contributed by atoms with van der Waals surface area (Å²) in [6.07, 6.45) is 0. The number of anilines is 2. The highest BCUT2D eigenvalue weighted by Gasteiger charge is 2.20. The standard InChI is InChI=1S/C19H19N3O3S/c1-9-14(6-5-7-15(9)25-4)22-18(24)17-16(20)13-8-12(11(3)23)10(2)21-19(13)26-17/h5-8H,20H2,1-4H3,(H,22,24). The minimum Gasteiger partial charge on any atom is -0.496 e. The monoisotopic (exact) mass is 369 g/mol. The third-order valence-electron chi connectivity index (χ3n) is 4.25. The van der Waals surface area contributed by atoms with Crippen molar-refractivity contribution in [2.24, 2.45) is 0 Å². The lowest BCUT2D eigenvalue weighted by Gasteiger charge is -2.11. The summed E-state index contributed by atoms with van der Waals surface area (Å²) in [5.41, 5.74) is 9.13. The Morgan fingerprint density at radius 3 is 2.65 bits per heavy atom. The van der Waals surface area contributed by atoms with Crippen LogP contribution in [0.5, 0.6) is 5.75 Å². The van der Waals surface area contributed by atoms with Crippen molar-refractivity contribution in [3.63, 3.8) is 0 Å². The molecule has 0 saturated heterocycles. The highest BCUT2D eigenvalue weighted by atomic mass is 32.1. The number of aryl methyl sites for hydroxylation is 1. The third-order valence-corrected chi connectivity index (χ3v) is 5.36. The molecule has 3 N–H and O–H groups in total. The van der Waals surface area contributed by atoms with Crippen molar-refractivity contribution in [2.45, 2.75) is 20.8 Å². The van der Waals surface area contributed by atoms with Crippen molar-refractivity contribution < 1.29 is 14.3 Å². The molecule has 0 aliphatic rings. The zero-order chi connectivity index (χ0) is 19.0. The predicted octanol–water partition coefficient (Wildman–Crippen LogP) is 3.96. The molecule has 0 fully saturated rings. The number of hydrogen-bond donors (Lipinski definition) is 2. The number of fused-ring (bicyclic) bond motifs is 1. The quantitative estimate of drug-likeness (QED) is 0.679. The van der Waals surface area contributed by atoms with E-state index in [0.29, 0.717) is 43.5 Å². The molecule has 134 valence electrons. The zero-order valence-corrected chi connectivity index (χ0v) is 15.8. The normalized spacial score (nSPS) is 10.8. The maximum Gasteiger partial charge on any atom is 0.267 e. The molecule has 0 spiro atoms. The van der Waals surface area contributed by atoms with Crippen molar-refractivity contribution >= 4 is 44.6 Å². The third kappa shape index (κ3) is 3.01. The molecule has 3 rings (SSSR count). The number of benzene rings is 1. The van der Waals surface area contributed by atoms with Gasteiger partial charge in [0.05, 0.1) is 12.8 Å². The number of rotatable bonds is 4. The van der Waals surface area contributed by atoms with Crippen molar-refractivity contribution in [1.29, 1.82) is 0 Å². The van der Waals surface area contributed by atoms with Crippen molar-refractivity contribution in [2.75, 3.05) is 18.2 Å². The number of amides is 1. The van der Waals surface area contributed by atoms with Gasteiger partial charge in [0.25, 0.3) is 5.91 Å².